The lowest BCUT2D eigenvalue weighted by Gasteiger charge is -2.19. The van der Waals surface area contributed by atoms with Gasteiger partial charge in [0.15, 0.2) is 4.34 Å². The molecule has 2 aromatic carbocycles. The van der Waals surface area contributed by atoms with Crippen LogP contribution in [0, 0.1) is 6.92 Å². The number of benzene rings is 2. The molecule has 3 aromatic rings. The molecule has 1 aromatic heterocycles. The van der Waals surface area contributed by atoms with Crippen molar-refractivity contribution in [3.05, 3.63) is 64.7 Å². The lowest BCUT2D eigenvalue weighted by Crippen LogP contribution is -2.19. The van der Waals surface area contributed by atoms with Gasteiger partial charge in [-0.15, -0.1) is 10.2 Å². The fourth-order valence-electron chi connectivity index (χ4n) is 2.70. The van der Waals surface area contributed by atoms with E-state index in [0.29, 0.717) is 13.2 Å². The summed E-state index contributed by atoms with van der Waals surface area (Å²) in [7, 11) is 0. The van der Waals surface area contributed by atoms with Crippen LogP contribution in [0.1, 0.15) is 36.9 Å². The van der Waals surface area contributed by atoms with Gasteiger partial charge >= 0.3 is 0 Å². The number of thioether (sulfide) groups is 1. The first-order valence-electron chi connectivity index (χ1n) is 10.5. The highest BCUT2D eigenvalue weighted by Crippen LogP contribution is 2.24. The largest absolute Gasteiger partial charge is 0.490 e. The normalized spacial score (nSPS) is 11.5. The first kappa shape index (κ1) is 24.7. The van der Waals surface area contributed by atoms with Crippen LogP contribution in [0.4, 0.5) is 0 Å². The highest BCUT2D eigenvalue weighted by Gasteiger charge is 2.12. The summed E-state index contributed by atoms with van der Waals surface area (Å²) in [5, 5.41) is 12.8. The zero-order valence-corrected chi connectivity index (χ0v) is 20.8. The van der Waals surface area contributed by atoms with E-state index in [1.807, 2.05) is 43.3 Å². The third kappa shape index (κ3) is 8.51. The summed E-state index contributed by atoms with van der Waals surface area (Å²) in [4.78, 5) is 11.9. The summed E-state index contributed by atoms with van der Waals surface area (Å²) in [5.41, 5.74) is 4.76. The summed E-state index contributed by atoms with van der Waals surface area (Å²) >= 11 is 2.80. The number of aryl methyl sites for hydroxylation is 1. The maximum absolute atomic E-state index is 11.9. The molecule has 0 saturated carbocycles. The summed E-state index contributed by atoms with van der Waals surface area (Å²) in [6.07, 6.45) is 1.59. The Kier molecular flexibility index (Phi) is 8.85. The van der Waals surface area contributed by atoms with Crippen molar-refractivity contribution < 1.29 is 14.3 Å². The van der Waals surface area contributed by atoms with Crippen molar-refractivity contribution in [3.63, 3.8) is 0 Å². The number of rotatable bonds is 10. The summed E-state index contributed by atoms with van der Waals surface area (Å²) in [5.74, 6) is 1.61. The van der Waals surface area contributed by atoms with Gasteiger partial charge in [-0.1, -0.05) is 56.0 Å². The first-order chi connectivity index (χ1) is 15.8. The second-order valence-corrected chi connectivity index (χ2v) is 10.6. The van der Waals surface area contributed by atoms with Gasteiger partial charge in [0, 0.05) is 0 Å². The predicted octanol–water partition coefficient (Wildman–Crippen LogP) is 4.84. The van der Waals surface area contributed by atoms with Gasteiger partial charge in [-0.2, -0.15) is 5.10 Å². The molecule has 1 N–H and O–H groups in total. The molecule has 0 fully saturated rings. The molecule has 0 aliphatic rings. The quantitative estimate of drug-likeness (QED) is 0.192. The highest BCUT2D eigenvalue weighted by molar-refractivity contribution is 8.01. The van der Waals surface area contributed by atoms with Gasteiger partial charge in [0.05, 0.1) is 12.0 Å². The molecule has 0 saturated heterocycles. The van der Waals surface area contributed by atoms with Gasteiger partial charge in [-0.05, 0) is 59.9 Å². The number of aromatic nitrogens is 2. The molecule has 0 spiro atoms. The molecule has 3 rings (SSSR count). The Morgan fingerprint density at radius 2 is 1.64 bits per heavy atom. The van der Waals surface area contributed by atoms with Gasteiger partial charge in [-0.3, -0.25) is 4.79 Å². The Morgan fingerprint density at radius 3 is 2.18 bits per heavy atom. The minimum atomic E-state index is -0.197. The minimum Gasteiger partial charge on any atom is -0.490 e. The Labute approximate surface area is 202 Å². The van der Waals surface area contributed by atoms with Crippen molar-refractivity contribution in [2.24, 2.45) is 5.10 Å². The third-order valence-corrected chi connectivity index (χ3v) is 6.43. The molecule has 0 aliphatic carbocycles. The predicted molar refractivity (Wildman–Crippen MR) is 134 cm³/mol. The fraction of sp³-hybridized carbons (Fsp3) is 0.333. The minimum absolute atomic E-state index is 0.127. The second-order valence-electron chi connectivity index (χ2n) is 8.21. The SMILES string of the molecule is Cc1nnc(SCC(=O)N/N=C\c2ccc(OCCOc3ccc(C(C)(C)C)cc3)cc2)s1. The van der Waals surface area contributed by atoms with Crippen LogP contribution in [0.5, 0.6) is 11.5 Å². The van der Waals surface area contributed by atoms with Gasteiger partial charge in [-0.25, -0.2) is 5.43 Å². The van der Waals surface area contributed by atoms with E-state index in [1.54, 1.807) is 6.21 Å². The van der Waals surface area contributed by atoms with Crippen LogP contribution >= 0.6 is 23.1 Å². The molecule has 0 radical (unpaired) electrons. The van der Waals surface area contributed by atoms with Crippen molar-refractivity contribution in [2.75, 3.05) is 19.0 Å². The molecule has 9 heteroatoms. The van der Waals surface area contributed by atoms with Crippen LogP contribution in [0.15, 0.2) is 58.0 Å². The third-order valence-electron chi connectivity index (χ3n) is 4.46. The maximum atomic E-state index is 11.9. The van der Waals surface area contributed by atoms with Crippen LogP contribution in [0.3, 0.4) is 0 Å². The number of nitrogens with one attached hydrogen (secondary N) is 1. The van der Waals surface area contributed by atoms with Crippen LogP contribution in [-0.2, 0) is 10.2 Å². The van der Waals surface area contributed by atoms with Gasteiger partial charge in [0.25, 0.3) is 5.91 Å². The average molecular weight is 485 g/mol. The first-order valence-corrected chi connectivity index (χ1v) is 12.3. The van der Waals surface area contributed by atoms with E-state index in [0.717, 1.165) is 26.4 Å². The maximum Gasteiger partial charge on any atom is 0.250 e. The van der Waals surface area contributed by atoms with Gasteiger partial charge in [0.2, 0.25) is 0 Å². The zero-order valence-electron chi connectivity index (χ0n) is 19.2. The summed E-state index contributed by atoms with van der Waals surface area (Å²) in [6.45, 7) is 9.34. The van der Waals surface area contributed by atoms with E-state index in [-0.39, 0.29) is 17.1 Å². The van der Waals surface area contributed by atoms with E-state index in [4.69, 9.17) is 9.47 Å². The van der Waals surface area contributed by atoms with Crippen molar-refractivity contribution in [1.29, 1.82) is 0 Å². The van der Waals surface area contributed by atoms with Crippen molar-refractivity contribution >= 4 is 35.2 Å². The molecular weight excluding hydrogens is 456 g/mol. The van der Waals surface area contributed by atoms with Crippen molar-refractivity contribution in [2.45, 2.75) is 37.4 Å². The van der Waals surface area contributed by atoms with Gasteiger partial charge in [0.1, 0.15) is 29.7 Å². The lowest BCUT2D eigenvalue weighted by molar-refractivity contribution is -0.118. The van der Waals surface area contributed by atoms with Crippen molar-refractivity contribution in [1.82, 2.24) is 15.6 Å². The van der Waals surface area contributed by atoms with E-state index in [2.05, 4.69) is 53.6 Å². The Morgan fingerprint density at radius 1 is 1.03 bits per heavy atom. The molecule has 0 unspecified atom stereocenters. The molecule has 0 bridgehead atoms. The Bertz CT molecular complexity index is 1060. The van der Waals surface area contributed by atoms with Crippen LogP contribution in [0.2, 0.25) is 0 Å². The fourth-order valence-corrected chi connectivity index (χ4v) is 4.30. The molecule has 1 amide bonds. The number of carbonyl (C=O) groups is 1. The standard InChI is InChI=1S/C24H28N4O3S2/c1-17-26-28-23(33-17)32-16-22(29)27-25-15-18-5-9-20(10-6-18)30-13-14-31-21-11-7-19(8-12-21)24(2,3)4/h5-12,15H,13-14,16H2,1-4H3,(H,27,29)/b25-15-. The lowest BCUT2D eigenvalue weighted by atomic mass is 9.87. The number of amides is 1. The molecule has 7 nitrogen and oxygen atoms in total. The topological polar surface area (TPSA) is 85.7 Å². The Balaban J connectivity index is 1.34. The summed E-state index contributed by atoms with van der Waals surface area (Å²) < 4.78 is 12.2. The van der Waals surface area contributed by atoms with Crippen LogP contribution < -0.4 is 14.9 Å². The van der Waals surface area contributed by atoms with E-state index in [1.165, 1.54) is 28.7 Å². The number of ether oxygens (including phenoxy) is 2. The number of hydrazone groups is 1. The second kappa shape index (κ2) is 11.8. The van der Waals surface area contributed by atoms with Crippen molar-refractivity contribution in [3.8, 4) is 11.5 Å². The van der Waals surface area contributed by atoms with E-state index in [9.17, 15) is 4.79 Å². The molecule has 174 valence electrons. The van der Waals surface area contributed by atoms with E-state index >= 15 is 0 Å². The van der Waals surface area contributed by atoms with Crippen LogP contribution in [-0.4, -0.2) is 41.3 Å². The Hall–Kier alpha value is -2.91. The van der Waals surface area contributed by atoms with Crippen LogP contribution in [0.25, 0.3) is 0 Å². The van der Waals surface area contributed by atoms with E-state index < -0.39 is 0 Å². The molecule has 0 atom stereocenters. The molecule has 33 heavy (non-hydrogen) atoms. The smallest absolute Gasteiger partial charge is 0.250 e. The zero-order chi connectivity index (χ0) is 23.7. The number of carbonyl (C=O) groups excluding carboxylic acids is 1. The van der Waals surface area contributed by atoms with Gasteiger partial charge < -0.3 is 9.47 Å². The molecule has 0 aliphatic heterocycles. The summed E-state index contributed by atoms with van der Waals surface area (Å²) in [6, 6.07) is 15.6. The highest BCUT2D eigenvalue weighted by atomic mass is 32.2. The average Bonchev–Trinajstić information content (AvgIpc) is 3.21. The number of hydrogen-bond donors (Lipinski definition) is 1. The molecule has 1 heterocycles. The monoisotopic (exact) mass is 484 g/mol. The number of hydrogen-bond acceptors (Lipinski definition) is 8. The molecular formula is C24H28N4O3S2. The number of nitrogens with zero attached hydrogens (tertiary/aromatic N) is 3.